The lowest BCUT2D eigenvalue weighted by Gasteiger charge is -2.51. The van der Waals surface area contributed by atoms with Crippen LogP contribution in [0.15, 0.2) is 78.0 Å². The summed E-state index contributed by atoms with van der Waals surface area (Å²) < 4.78 is 319. The van der Waals surface area contributed by atoms with E-state index in [0.717, 1.165) is 0 Å². The first kappa shape index (κ1) is 58.4. The fraction of sp³-hybridized carbons (Fsp3) is 0.0909. The number of hydrogen-bond donors (Lipinski definition) is 0. The monoisotopic (exact) mass is 1210 g/mol. The normalized spacial score (nSPS) is 15.2. The molecule has 13 nitrogen and oxygen atoms in total. The van der Waals surface area contributed by atoms with Gasteiger partial charge in [-0.2, -0.15) is 10.2 Å². The first-order valence-corrected chi connectivity index (χ1v) is 26.0. The minimum absolute atomic E-state index is 0.0723. The molecule has 2 aliphatic rings. The van der Waals surface area contributed by atoms with Gasteiger partial charge in [0.15, 0.2) is 93.1 Å². The summed E-state index contributed by atoms with van der Waals surface area (Å²) in [6, 6.07) is 10.9. The minimum Gasteiger partial charge on any atom is -0.468 e. The molecule has 0 radical (unpaired) electrons. The zero-order valence-corrected chi connectivity index (χ0v) is 42.2. The van der Waals surface area contributed by atoms with Crippen LogP contribution in [0.25, 0.3) is 16.0 Å². The molecule has 0 saturated carbocycles. The number of halogens is 20. The van der Waals surface area contributed by atoms with E-state index in [1.807, 2.05) is 0 Å². The lowest BCUT2D eigenvalue weighted by atomic mass is 10.0. The molecule has 0 fully saturated rings. The highest BCUT2D eigenvalue weighted by atomic mass is 31.3. The van der Waals surface area contributed by atoms with Crippen molar-refractivity contribution in [3.8, 4) is 22.6 Å². The first-order valence-electron chi connectivity index (χ1n) is 21.2. The molecule has 8 rings (SSSR count). The summed E-state index contributed by atoms with van der Waals surface area (Å²) in [5, 5.41) is 15.1. The molecule has 1 spiro atoms. The predicted octanol–water partition coefficient (Wildman–Crippen LogP) is 14.7. The molecule has 0 bridgehead atoms. The number of hydrogen-bond acceptors (Lipinski definition) is 12. The van der Waals surface area contributed by atoms with Crippen LogP contribution in [-0.4, -0.2) is 72.2 Å². The van der Waals surface area contributed by atoms with Gasteiger partial charge in [0.2, 0.25) is 23.3 Å². The Bertz CT molecular complexity index is 3490. The van der Waals surface area contributed by atoms with E-state index in [2.05, 4.69) is 34.3 Å². The SMILES string of the molecule is CN(/N=C/c1c(F)c(F)c(F)c(F)c1F)P1(N(C)/N=C/c2c(F)c(F)c(F)c(F)c2F)=N[P+](N(C)/N=C/c2c(F)c(F)c(F)c(F)c2F)(N(C)/N=C/c2c(F)c(F)c(F)c(F)c2F)N=P2([N-]1)Oc1ccccc1-c1ccccc1O2. The van der Waals surface area contributed by atoms with E-state index in [9.17, 15) is 52.7 Å². The highest BCUT2D eigenvalue weighted by Crippen LogP contribution is 2.90. The molecule has 0 aliphatic carbocycles. The smallest absolute Gasteiger partial charge is 0.468 e. The maximum atomic E-state index is 15.3. The summed E-state index contributed by atoms with van der Waals surface area (Å²) in [7, 11) is -13.5. The Kier molecular flexibility index (Phi) is 15.9. The molecule has 2 heterocycles. The molecule has 0 saturated heterocycles. The van der Waals surface area contributed by atoms with Crippen LogP contribution in [0, 0.1) is 116 Å². The maximum absolute atomic E-state index is 15.3. The van der Waals surface area contributed by atoms with Gasteiger partial charge in [-0.15, -0.1) is 19.8 Å². The number of hydrazone groups is 4. The third kappa shape index (κ3) is 9.71. The minimum atomic E-state index is -5.46. The van der Waals surface area contributed by atoms with Gasteiger partial charge in [0, 0.05) is 25.2 Å². The second kappa shape index (κ2) is 21.7. The van der Waals surface area contributed by atoms with Crippen LogP contribution in [0.3, 0.4) is 0 Å². The predicted molar refractivity (Wildman–Crippen MR) is 248 cm³/mol. The van der Waals surface area contributed by atoms with Gasteiger partial charge >= 0.3 is 7.87 Å². The lowest BCUT2D eigenvalue weighted by Crippen LogP contribution is -2.29. The molecule has 0 amide bonds. The van der Waals surface area contributed by atoms with Gasteiger partial charge in [-0.1, -0.05) is 36.4 Å². The van der Waals surface area contributed by atoms with Crippen LogP contribution < -0.4 is 9.05 Å². The van der Waals surface area contributed by atoms with Crippen molar-refractivity contribution < 1.29 is 96.9 Å². The number of para-hydroxylation sites is 2. The maximum Gasteiger partial charge on any atom is 0.485 e. The van der Waals surface area contributed by atoms with Crippen LogP contribution in [0.4, 0.5) is 87.8 Å². The van der Waals surface area contributed by atoms with E-state index >= 15 is 35.1 Å². The van der Waals surface area contributed by atoms with E-state index in [1.54, 1.807) is 0 Å². The zero-order valence-electron chi connectivity index (χ0n) is 39.6. The Morgan fingerprint density at radius 1 is 0.375 bits per heavy atom. The topological polar surface area (TPSA) is 120 Å². The molecular formula is C44H24F20N11O2P3. The zero-order chi connectivity index (χ0) is 58.8. The third-order valence-electron chi connectivity index (χ3n) is 11.1. The van der Waals surface area contributed by atoms with Crippen molar-refractivity contribution in [3.63, 3.8) is 0 Å². The standard InChI is InChI=1S/C44H24F20N11O2P3/c1-72(65-13-19-25(45)33(53)41(61)34(54)26(19)46)78(73(2)66-14-20-27(47)35(55)42(62)36(56)28(20)48)69-79(74(3)67-15-21-29(49)37(57)43(63)38(58)30(21)50,75(4)68-16-22-31(51)39(59)44(64)40(60)32(22)52)71-80(70-78)76-23-11-7-5-9-17(23)18-10-6-8-12-24(18)77-80/h5-16H,1-4H3/b65-13+,66-14+,67-15+,68-16+. The molecule has 6 aromatic carbocycles. The van der Waals surface area contributed by atoms with E-state index in [0.29, 0.717) is 47.3 Å². The van der Waals surface area contributed by atoms with Crippen molar-refractivity contribution in [1.29, 1.82) is 0 Å². The Labute approximate surface area is 435 Å². The Morgan fingerprint density at radius 2 is 0.625 bits per heavy atom. The molecule has 422 valence electrons. The van der Waals surface area contributed by atoms with Crippen LogP contribution >= 0.6 is 23.0 Å². The Hall–Kier alpha value is -7.75. The van der Waals surface area contributed by atoms with Gasteiger partial charge in [-0.3, -0.25) is 9.56 Å². The fourth-order valence-corrected chi connectivity index (χ4v) is 18.8. The highest BCUT2D eigenvalue weighted by molar-refractivity contribution is 7.91. The molecule has 0 unspecified atom stereocenters. The van der Waals surface area contributed by atoms with Crippen LogP contribution in [-0.2, 0) is 0 Å². The number of rotatable bonds is 12. The Morgan fingerprint density at radius 3 is 0.912 bits per heavy atom. The van der Waals surface area contributed by atoms with Gasteiger partial charge in [-0.25, -0.2) is 87.8 Å². The summed E-state index contributed by atoms with van der Waals surface area (Å²) in [4.78, 5) is 4.62. The van der Waals surface area contributed by atoms with E-state index in [-0.39, 0.29) is 47.5 Å². The van der Waals surface area contributed by atoms with Gasteiger partial charge in [-0.05, 0) is 21.2 Å². The fourth-order valence-electron chi connectivity index (χ4n) is 7.02. The average molecular weight is 1210 g/mol. The largest absolute Gasteiger partial charge is 0.485 e. The van der Waals surface area contributed by atoms with E-state index < -0.39 is 162 Å². The third-order valence-corrected chi connectivity index (χ3v) is 21.2. The van der Waals surface area contributed by atoms with Crippen LogP contribution in [0.1, 0.15) is 22.3 Å². The van der Waals surface area contributed by atoms with Crippen molar-refractivity contribution in [2.75, 3.05) is 28.2 Å². The Balaban J connectivity index is 1.53. The second-order valence-electron chi connectivity index (χ2n) is 15.9. The molecule has 0 aromatic heterocycles. The van der Waals surface area contributed by atoms with Crippen molar-refractivity contribution in [3.05, 3.63) is 192 Å². The lowest BCUT2D eigenvalue weighted by molar-refractivity contribution is 0.377. The second-order valence-corrected chi connectivity index (χ2v) is 23.8. The number of nitrogens with zero attached hydrogens (tertiary/aromatic N) is 11. The molecule has 6 aromatic rings. The molecule has 0 atom stereocenters. The van der Waals surface area contributed by atoms with Crippen molar-refractivity contribution in [1.82, 2.24) is 19.1 Å². The van der Waals surface area contributed by atoms with Gasteiger partial charge < -0.3 is 13.9 Å². The van der Waals surface area contributed by atoms with Crippen molar-refractivity contribution >= 4 is 47.9 Å². The molecular weight excluding hydrogens is 1190 g/mol. The van der Waals surface area contributed by atoms with Gasteiger partial charge in [0.25, 0.3) is 7.66 Å². The summed E-state index contributed by atoms with van der Waals surface area (Å²) in [5.74, 6) is -51.9. The van der Waals surface area contributed by atoms with Crippen LogP contribution in [0.2, 0.25) is 0 Å². The quantitative estimate of drug-likeness (QED) is 0.0301. The number of benzene rings is 6. The first-order chi connectivity index (χ1) is 37.6. The summed E-state index contributed by atoms with van der Waals surface area (Å²) in [6.07, 6.45) is -0.289. The van der Waals surface area contributed by atoms with Gasteiger partial charge in [0.05, 0.1) is 61.2 Å². The summed E-state index contributed by atoms with van der Waals surface area (Å²) in [6.45, 7) is 0. The molecule has 36 heteroatoms. The average Bonchev–Trinajstić information content (AvgIpc) is 3.77. The highest BCUT2D eigenvalue weighted by Gasteiger charge is 2.59. The van der Waals surface area contributed by atoms with Gasteiger partial charge in [0.1, 0.15) is 19.0 Å². The molecule has 80 heavy (non-hydrogen) atoms. The summed E-state index contributed by atoms with van der Waals surface area (Å²) >= 11 is 0. The number of fused-ring (bicyclic) bond motifs is 3. The van der Waals surface area contributed by atoms with Crippen LogP contribution in [0.5, 0.6) is 11.5 Å². The molecule has 2 aliphatic heterocycles. The molecule has 0 N–H and O–H groups in total. The van der Waals surface area contributed by atoms with Crippen molar-refractivity contribution in [2.24, 2.45) is 29.4 Å². The van der Waals surface area contributed by atoms with Crippen molar-refractivity contribution in [2.45, 2.75) is 0 Å². The summed E-state index contributed by atoms with van der Waals surface area (Å²) in [5.41, 5.74) is -7.08. The van der Waals surface area contributed by atoms with E-state index in [4.69, 9.17) is 9.05 Å². The van der Waals surface area contributed by atoms with E-state index in [1.165, 1.54) is 48.5 Å².